The van der Waals surface area contributed by atoms with Crippen LogP contribution in [0.2, 0.25) is 0 Å². The third-order valence-corrected chi connectivity index (χ3v) is 3.05. The number of hydrogen-bond donors (Lipinski definition) is 2. The zero-order valence-corrected chi connectivity index (χ0v) is 10.7. The minimum absolute atomic E-state index is 0.0995. The van der Waals surface area contributed by atoms with Gasteiger partial charge in [-0.2, -0.15) is 0 Å². The first kappa shape index (κ1) is 13.1. The van der Waals surface area contributed by atoms with Crippen LogP contribution < -0.4 is 11.3 Å². The van der Waals surface area contributed by atoms with Gasteiger partial charge in [-0.15, -0.1) is 0 Å². The van der Waals surface area contributed by atoms with Gasteiger partial charge in [-0.25, -0.2) is 4.98 Å². The number of hydrogen-bond acceptors (Lipinski definition) is 6. The van der Waals surface area contributed by atoms with Gasteiger partial charge in [0.1, 0.15) is 0 Å². The predicted molar refractivity (Wildman–Crippen MR) is 71.2 cm³/mol. The fourth-order valence-electron chi connectivity index (χ4n) is 1.48. The molecule has 0 aliphatic carbocycles. The summed E-state index contributed by atoms with van der Waals surface area (Å²) >= 11 is 1.11. The molecular weight excluding hydrogens is 268 g/mol. The number of anilines is 1. The van der Waals surface area contributed by atoms with Crippen molar-refractivity contribution in [1.82, 2.24) is 9.97 Å². The molecular formula is C11H10N4O3S. The molecule has 0 aliphatic heterocycles. The number of aromatic nitrogens is 2. The molecule has 0 saturated carbocycles. The Morgan fingerprint density at radius 3 is 2.74 bits per heavy atom. The summed E-state index contributed by atoms with van der Waals surface area (Å²) in [6.45, 7) is 1.70. The first-order chi connectivity index (χ1) is 8.94. The summed E-state index contributed by atoms with van der Waals surface area (Å²) in [7, 11) is 0. The number of H-pyrrole nitrogens is 1. The topological polar surface area (TPSA) is 115 Å². The lowest BCUT2D eigenvalue weighted by atomic mass is 10.3. The lowest BCUT2D eigenvalue weighted by Crippen LogP contribution is -2.07. The van der Waals surface area contributed by atoms with Gasteiger partial charge < -0.3 is 10.7 Å². The first-order valence-electron chi connectivity index (χ1n) is 5.25. The van der Waals surface area contributed by atoms with Crippen LogP contribution in [0, 0.1) is 17.0 Å². The highest BCUT2D eigenvalue weighted by Crippen LogP contribution is 2.29. The highest BCUT2D eigenvalue weighted by atomic mass is 32.2. The molecule has 98 valence electrons. The summed E-state index contributed by atoms with van der Waals surface area (Å²) in [6, 6.07) is 5.60. The Bertz CT molecular complexity index is 699. The number of nitro benzene ring substituents is 1. The molecule has 2 aromatic rings. The number of benzene rings is 1. The van der Waals surface area contributed by atoms with Gasteiger partial charge in [0.2, 0.25) is 0 Å². The van der Waals surface area contributed by atoms with E-state index in [-0.39, 0.29) is 16.9 Å². The van der Waals surface area contributed by atoms with E-state index in [2.05, 4.69) is 9.97 Å². The average Bonchev–Trinajstić information content (AvgIpc) is 2.26. The molecule has 2 rings (SSSR count). The summed E-state index contributed by atoms with van der Waals surface area (Å²) in [6.07, 6.45) is 0. The number of aromatic amines is 1. The zero-order valence-electron chi connectivity index (χ0n) is 9.91. The normalized spacial score (nSPS) is 10.4. The van der Waals surface area contributed by atoms with E-state index >= 15 is 0 Å². The van der Waals surface area contributed by atoms with Crippen molar-refractivity contribution in [3.05, 3.63) is 50.4 Å². The van der Waals surface area contributed by atoms with E-state index in [0.717, 1.165) is 11.8 Å². The number of nitrogens with two attached hydrogens (primary N) is 1. The molecule has 0 radical (unpaired) electrons. The van der Waals surface area contributed by atoms with Crippen LogP contribution in [0.5, 0.6) is 0 Å². The van der Waals surface area contributed by atoms with E-state index < -0.39 is 4.92 Å². The van der Waals surface area contributed by atoms with Crippen LogP contribution in [-0.4, -0.2) is 14.9 Å². The number of non-ortho nitro benzene ring substituents is 1. The van der Waals surface area contributed by atoms with Crippen molar-refractivity contribution in [2.45, 2.75) is 17.0 Å². The molecule has 7 nitrogen and oxygen atoms in total. The lowest BCUT2D eigenvalue weighted by Gasteiger charge is -2.03. The molecule has 0 spiro atoms. The quantitative estimate of drug-likeness (QED) is 0.382. The smallest absolute Gasteiger partial charge is 0.272 e. The molecule has 0 bridgehead atoms. The Labute approximate surface area is 112 Å². The number of aryl methyl sites for hydroxylation is 1. The van der Waals surface area contributed by atoms with Crippen LogP contribution in [0.1, 0.15) is 5.69 Å². The fourth-order valence-corrected chi connectivity index (χ4v) is 2.42. The average molecular weight is 278 g/mol. The maximum Gasteiger partial charge on any atom is 0.272 e. The highest BCUT2D eigenvalue weighted by molar-refractivity contribution is 7.99. The molecule has 0 amide bonds. The molecule has 1 heterocycles. The number of nitrogen functional groups attached to an aromatic ring is 1. The summed E-state index contributed by atoms with van der Waals surface area (Å²) in [4.78, 5) is 28.7. The fraction of sp³-hybridized carbons (Fsp3) is 0.0909. The van der Waals surface area contributed by atoms with E-state index in [1.807, 2.05) is 0 Å². The SMILES string of the molecule is Cc1cc(=O)[nH]c(Sc2cc(N)cc([N+](=O)[O-])c2)n1. The number of rotatable bonds is 3. The first-order valence-corrected chi connectivity index (χ1v) is 6.06. The molecule has 19 heavy (non-hydrogen) atoms. The van der Waals surface area contributed by atoms with Gasteiger partial charge in [-0.3, -0.25) is 14.9 Å². The minimum atomic E-state index is -0.521. The molecule has 1 aromatic carbocycles. The van der Waals surface area contributed by atoms with Crippen LogP contribution in [-0.2, 0) is 0 Å². The Balaban J connectivity index is 2.37. The molecule has 8 heteroatoms. The van der Waals surface area contributed by atoms with Gasteiger partial charge in [-0.05, 0) is 13.0 Å². The van der Waals surface area contributed by atoms with Crippen molar-refractivity contribution in [3.8, 4) is 0 Å². The van der Waals surface area contributed by atoms with E-state index in [1.165, 1.54) is 18.2 Å². The van der Waals surface area contributed by atoms with Crippen LogP contribution in [0.15, 0.2) is 39.1 Å². The number of nitrogens with zero attached hydrogens (tertiary/aromatic N) is 2. The van der Waals surface area contributed by atoms with E-state index in [4.69, 9.17) is 5.73 Å². The van der Waals surface area contributed by atoms with Crippen molar-refractivity contribution in [2.24, 2.45) is 0 Å². The Kier molecular flexibility index (Phi) is 3.52. The number of nitro groups is 1. The summed E-state index contributed by atoms with van der Waals surface area (Å²) in [5.41, 5.74) is 6.09. The molecule has 0 saturated heterocycles. The monoisotopic (exact) mass is 278 g/mol. The lowest BCUT2D eigenvalue weighted by molar-refractivity contribution is -0.385. The molecule has 0 aliphatic rings. The molecule has 0 unspecified atom stereocenters. The zero-order chi connectivity index (χ0) is 14.0. The Morgan fingerprint density at radius 2 is 2.11 bits per heavy atom. The van der Waals surface area contributed by atoms with Gasteiger partial charge in [0.25, 0.3) is 11.2 Å². The Hall–Kier alpha value is -2.35. The molecule has 1 aromatic heterocycles. The van der Waals surface area contributed by atoms with Gasteiger partial charge >= 0.3 is 0 Å². The van der Waals surface area contributed by atoms with Crippen molar-refractivity contribution in [1.29, 1.82) is 0 Å². The van der Waals surface area contributed by atoms with E-state index in [9.17, 15) is 14.9 Å². The van der Waals surface area contributed by atoms with Crippen LogP contribution in [0.3, 0.4) is 0 Å². The molecule has 0 fully saturated rings. The van der Waals surface area contributed by atoms with Crippen molar-refractivity contribution in [3.63, 3.8) is 0 Å². The summed E-state index contributed by atoms with van der Waals surface area (Å²) < 4.78 is 0. The summed E-state index contributed by atoms with van der Waals surface area (Å²) in [5.74, 6) is 0. The van der Waals surface area contributed by atoms with E-state index in [0.29, 0.717) is 15.7 Å². The van der Waals surface area contributed by atoms with Gasteiger partial charge in [0.05, 0.1) is 4.92 Å². The highest BCUT2D eigenvalue weighted by Gasteiger charge is 2.10. The van der Waals surface area contributed by atoms with Crippen molar-refractivity contribution >= 4 is 23.1 Å². The maximum absolute atomic E-state index is 11.3. The minimum Gasteiger partial charge on any atom is -0.398 e. The summed E-state index contributed by atoms with van der Waals surface area (Å²) in [5, 5.41) is 11.1. The van der Waals surface area contributed by atoms with Crippen LogP contribution in [0.25, 0.3) is 0 Å². The van der Waals surface area contributed by atoms with Gasteiger partial charge in [0.15, 0.2) is 5.16 Å². The van der Waals surface area contributed by atoms with E-state index in [1.54, 1.807) is 13.0 Å². The third-order valence-electron chi connectivity index (χ3n) is 2.19. The van der Waals surface area contributed by atoms with Crippen LogP contribution >= 0.6 is 11.8 Å². The van der Waals surface area contributed by atoms with Gasteiger partial charge in [0, 0.05) is 34.5 Å². The molecule has 0 atom stereocenters. The standard InChI is InChI=1S/C11H10N4O3S/c1-6-2-10(16)14-11(13-6)19-9-4-7(12)3-8(5-9)15(17)18/h2-5H,12H2,1H3,(H,13,14,16). The maximum atomic E-state index is 11.3. The second-order valence-corrected chi connectivity index (χ2v) is 4.87. The third kappa shape index (κ3) is 3.32. The Morgan fingerprint density at radius 1 is 1.37 bits per heavy atom. The van der Waals surface area contributed by atoms with Crippen LogP contribution in [0.4, 0.5) is 11.4 Å². The van der Waals surface area contributed by atoms with Crippen molar-refractivity contribution < 1.29 is 4.92 Å². The molecule has 3 N–H and O–H groups in total. The second kappa shape index (κ2) is 5.11. The second-order valence-electron chi connectivity index (χ2n) is 3.81. The largest absolute Gasteiger partial charge is 0.398 e. The predicted octanol–water partition coefficient (Wildman–Crippen LogP) is 1.72. The van der Waals surface area contributed by atoms with Crippen molar-refractivity contribution in [2.75, 3.05) is 5.73 Å². The number of nitrogens with one attached hydrogen (secondary N) is 1. The van der Waals surface area contributed by atoms with Gasteiger partial charge in [-0.1, -0.05) is 11.8 Å².